The van der Waals surface area contributed by atoms with Crippen LogP contribution in [0.15, 0.2) is 53.1 Å². The van der Waals surface area contributed by atoms with Crippen molar-refractivity contribution in [2.45, 2.75) is 31.1 Å². The summed E-state index contributed by atoms with van der Waals surface area (Å²) in [4.78, 5) is 15.1. The van der Waals surface area contributed by atoms with E-state index in [1.165, 1.54) is 6.26 Å². The van der Waals surface area contributed by atoms with Gasteiger partial charge in [-0.1, -0.05) is 30.3 Å². The second-order valence-electron chi connectivity index (χ2n) is 6.63. The number of piperidine rings is 3. The summed E-state index contributed by atoms with van der Waals surface area (Å²) in [6.45, 7) is 1.90. The highest BCUT2D eigenvalue weighted by Crippen LogP contribution is 2.36. The van der Waals surface area contributed by atoms with Crippen LogP contribution in [0.2, 0.25) is 0 Å². The first-order valence-electron chi connectivity index (χ1n) is 8.45. The van der Waals surface area contributed by atoms with E-state index >= 15 is 0 Å². The Balaban J connectivity index is 1.63. The maximum Gasteiger partial charge on any atom is 0.352 e. The number of rotatable bonds is 4. The van der Waals surface area contributed by atoms with Crippen molar-refractivity contribution in [1.82, 2.24) is 4.90 Å². The number of carbonyl (C=O) groups is 1. The quantitative estimate of drug-likeness (QED) is 0.874. The monoisotopic (exact) mass is 327 g/mol. The summed E-state index contributed by atoms with van der Waals surface area (Å²) >= 11 is 0. The molecule has 2 bridgehead atoms. The van der Waals surface area contributed by atoms with Crippen molar-refractivity contribution in [1.29, 1.82) is 0 Å². The molecule has 3 fully saturated rings. The highest BCUT2D eigenvalue weighted by molar-refractivity contribution is 5.84. The van der Waals surface area contributed by atoms with E-state index < -0.39 is 11.6 Å². The minimum atomic E-state index is -1.93. The molecule has 0 aliphatic carbocycles. The van der Waals surface area contributed by atoms with Gasteiger partial charge in [-0.05, 0) is 30.9 Å². The number of carbonyl (C=O) groups excluding carboxylic acids is 1. The van der Waals surface area contributed by atoms with Gasteiger partial charge in [0.1, 0.15) is 0 Å². The second-order valence-corrected chi connectivity index (χ2v) is 6.63. The van der Waals surface area contributed by atoms with Crippen LogP contribution in [0.25, 0.3) is 0 Å². The van der Waals surface area contributed by atoms with Gasteiger partial charge in [0, 0.05) is 25.1 Å². The van der Waals surface area contributed by atoms with Gasteiger partial charge in [0.05, 0.1) is 6.26 Å². The molecule has 5 nitrogen and oxygen atoms in total. The maximum absolute atomic E-state index is 12.9. The fraction of sp³-hybridized carbons (Fsp3) is 0.421. The van der Waals surface area contributed by atoms with E-state index in [1.807, 2.05) is 6.07 Å². The molecule has 2 unspecified atom stereocenters. The van der Waals surface area contributed by atoms with Crippen LogP contribution in [0.1, 0.15) is 30.6 Å². The minimum absolute atomic E-state index is 0.176. The zero-order chi connectivity index (χ0) is 16.6. The van der Waals surface area contributed by atoms with Crippen LogP contribution in [-0.4, -0.2) is 35.3 Å². The minimum Gasteiger partial charge on any atom is -0.465 e. The molecule has 1 aromatic carbocycles. The summed E-state index contributed by atoms with van der Waals surface area (Å²) in [6.07, 6.45) is 4.36. The molecule has 5 heteroatoms. The van der Waals surface area contributed by atoms with Crippen molar-refractivity contribution < 1.29 is 19.1 Å². The SMILES string of the molecule is O=C(OC1CC2CCN1CC2)C(O)(c1ccccc1)c1ccco1. The highest BCUT2D eigenvalue weighted by Gasteiger charge is 2.47. The lowest BCUT2D eigenvalue weighted by atomic mass is 9.87. The topological polar surface area (TPSA) is 62.9 Å². The number of furan rings is 1. The third kappa shape index (κ3) is 2.54. The number of hydrogen-bond donors (Lipinski definition) is 1. The van der Waals surface area contributed by atoms with Crippen molar-refractivity contribution in [3.05, 3.63) is 60.1 Å². The van der Waals surface area contributed by atoms with Gasteiger partial charge in [-0.3, -0.25) is 4.90 Å². The number of fused-ring (bicyclic) bond motifs is 3. The van der Waals surface area contributed by atoms with Crippen molar-refractivity contribution >= 4 is 5.97 Å². The Morgan fingerprint density at radius 3 is 2.50 bits per heavy atom. The molecule has 0 spiro atoms. The first kappa shape index (κ1) is 15.4. The summed E-state index contributed by atoms with van der Waals surface area (Å²) in [5.41, 5.74) is -1.48. The molecular weight excluding hydrogens is 306 g/mol. The summed E-state index contributed by atoms with van der Waals surface area (Å²) in [7, 11) is 0. The molecule has 4 heterocycles. The van der Waals surface area contributed by atoms with Crippen LogP contribution in [0.3, 0.4) is 0 Å². The van der Waals surface area contributed by atoms with E-state index in [2.05, 4.69) is 4.90 Å². The molecular formula is C19H21NO4. The number of nitrogens with zero attached hydrogens (tertiary/aromatic N) is 1. The van der Waals surface area contributed by atoms with Gasteiger partial charge in [-0.25, -0.2) is 4.79 Å². The zero-order valence-corrected chi connectivity index (χ0v) is 13.4. The lowest BCUT2D eigenvalue weighted by Crippen LogP contribution is -2.52. The molecule has 0 saturated carbocycles. The summed E-state index contributed by atoms with van der Waals surface area (Å²) in [6, 6.07) is 12.1. The Hall–Kier alpha value is -2.11. The molecule has 5 rings (SSSR count). The number of ether oxygens (including phenoxy) is 1. The Morgan fingerprint density at radius 1 is 1.17 bits per heavy atom. The normalized spacial score (nSPS) is 28.3. The lowest BCUT2D eigenvalue weighted by molar-refractivity contribution is -0.189. The van der Waals surface area contributed by atoms with Crippen molar-refractivity contribution in [2.75, 3.05) is 13.1 Å². The Morgan fingerprint density at radius 2 is 1.92 bits per heavy atom. The predicted molar refractivity (Wildman–Crippen MR) is 86.9 cm³/mol. The standard InChI is InChI=1S/C19H21NO4/c21-18(24-17-13-14-8-10-20(17)11-9-14)19(22,16-7-4-12-23-16)15-5-2-1-3-6-15/h1-7,12,14,17,22H,8-11,13H2. The van der Waals surface area contributed by atoms with Gasteiger partial charge in [0.25, 0.3) is 0 Å². The van der Waals surface area contributed by atoms with Gasteiger partial charge in [0.15, 0.2) is 12.0 Å². The largest absolute Gasteiger partial charge is 0.465 e. The van der Waals surface area contributed by atoms with Gasteiger partial charge >= 0.3 is 5.97 Å². The zero-order valence-electron chi connectivity index (χ0n) is 13.4. The number of hydrogen-bond acceptors (Lipinski definition) is 5. The van der Waals surface area contributed by atoms with E-state index in [9.17, 15) is 9.90 Å². The number of aliphatic hydroxyl groups is 1. The first-order valence-corrected chi connectivity index (χ1v) is 8.45. The van der Waals surface area contributed by atoms with Gasteiger partial charge in [0.2, 0.25) is 5.60 Å². The fourth-order valence-electron chi connectivity index (χ4n) is 3.77. The van der Waals surface area contributed by atoms with Crippen molar-refractivity contribution in [3.8, 4) is 0 Å². The maximum atomic E-state index is 12.9. The summed E-state index contributed by atoms with van der Waals surface area (Å²) in [5, 5.41) is 11.2. The predicted octanol–water partition coefficient (Wildman–Crippen LogP) is 2.50. The molecule has 3 aliphatic heterocycles. The van der Waals surface area contributed by atoms with Gasteiger partial charge < -0.3 is 14.3 Å². The summed E-state index contributed by atoms with van der Waals surface area (Å²) in [5.74, 6) is 0.108. The highest BCUT2D eigenvalue weighted by atomic mass is 16.6. The van der Waals surface area contributed by atoms with Gasteiger partial charge in [-0.15, -0.1) is 0 Å². The van der Waals surface area contributed by atoms with Gasteiger partial charge in [-0.2, -0.15) is 0 Å². The van der Waals surface area contributed by atoms with E-state index in [0.717, 1.165) is 32.4 Å². The van der Waals surface area contributed by atoms with Crippen LogP contribution in [0.5, 0.6) is 0 Å². The smallest absolute Gasteiger partial charge is 0.352 e. The number of esters is 1. The van der Waals surface area contributed by atoms with E-state index in [1.54, 1.807) is 36.4 Å². The Labute approximate surface area is 140 Å². The summed E-state index contributed by atoms with van der Waals surface area (Å²) < 4.78 is 11.1. The molecule has 24 heavy (non-hydrogen) atoms. The van der Waals surface area contributed by atoms with Crippen LogP contribution < -0.4 is 0 Å². The molecule has 2 atom stereocenters. The third-order valence-electron chi connectivity index (χ3n) is 5.20. The molecule has 126 valence electrons. The molecule has 2 aromatic rings. The lowest BCUT2D eigenvalue weighted by Gasteiger charge is -2.45. The van der Waals surface area contributed by atoms with Crippen LogP contribution in [-0.2, 0) is 15.1 Å². The first-order chi connectivity index (χ1) is 11.7. The number of benzene rings is 1. The Kier molecular flexibility index (Phi) is 3.90. The van der Waals surface area contributed by atoms with E-state index in [-0.39, 0.29) is 12.0 Å². The van der Waals surface area contributed by atoms with Crippen LogP contribution >= 0.6 is 0 Å². The van der Waals surface area contributed by atoms with E-state index in [4.69, 9.17) is 9.15 Å². The fourth-order valence-corrected chi connectivity index (χ4v) is 3.77. The molecule has 1 N–H and O–H groups in total. The second kappa shape index (κ2) is 6.07. The molecule has 3 saturated heterocycles. The average molecular weight is 327 g/mol. The average Bonchev–Trinajstić information content (AvgIpc) is 3.18. The van der Waals surface area contributed by atoms with Crippen LogP contribution in [0.4, 0.5) is 0 Å². The molecule has 0 radical (unpaired) electrons. The van der Waals surface area contributed by atoms with E-state index in [0.29, 0.717) is 11.5 Å². The third-order valence-corrected chi connectivity index (χ3v) is 5.20. The Bertz CT molecular complexity index is 691. The van der Waals surface area contributed by atoms with Crippen molar-refractivity contribution in [2.24, 2.45) is 5.92 Å². The molecule has 0 amide bonds. The van der Waals surface area contributed by atoms with Crippen LogP contribution in [0, 0.1) is 5.92 Å². The molecule has 3 aliphatic rings. The van der Waals surface area contributed by atoms with Crippen molar-refractivity contribution in [3.63, 3.8) is 0 Å². The molecule has 1 aromatic heterocycles.